The van der Waals surface area contributed by atoms with Crippen molar-refractivity contribution >= 4 is 28.5 Å². The molecule has 0 atom stereocenters. The number of aromatic amines is 1. The summed E-state index contributed by atoms with van der Waals surface area (Å²) in [5.74, 6) is 2.88. The molecule has 1 aliphatic heterocycles. The summed E-state index contributed by atoms with van der Waals surface area (Å²) < 4.78 is 0. The highest BCUT2D eigenvalue weighted by Crippen LogP contribution is 2.30. The molecule has 0 amide bonds. The van der Waals surface area contributed by atoms with Gasteiger partial charge in [-0.2, -0.15) is 0 Å². The zero-order valence-corrected chi connectivity index (χ0v) is 9.64. The van der Waals surface area contributed by atoms with Crippen molar-refractivity contribution in [1.82, 2.24) is 4.98 Å². The summed E-state index contributed by atoms with van der Waals surface area (Å²) in [7, 11) is 0. The van der Waals surface area contributed by atoms with Gasteiger partial charge in [0.1, 0.15) is 0 Å². The Bertz CT molecular complexity index is 785. The van der Waals surface area contributed by atoms with E-state index in [1.165, 1.54) is 16.5 Å². The predicted octanol–water partition coefficient (Wildman–Crippen LogP) is 4.16. The van der Waals surface area contributed by atoms with Gasteiger partial charge in [-0.3, -0.25) is 0 Å². The fraction of sp³-hybridized carbons (Fsp3) is 0. The Balaban J connectivity index is 1.90. The first kappa shape index (κ1) is 9.46. The number of hydrogen-bond acceptors (Lipinski definition) is 1. The van der Waals surface area contributed by atoms with Crippen LogP contribution in [0.2, 0.25) is 0 Å². The summed E-state index contributed by atoms with van der Waals surface area (Å²) in [5, 5.41) is 1.24. The van der Waals surface area contributed by atoms with E-state index >= 15 is 0 Å². The topological polar surface area (TPSA) is 28.1 Å². The molecule has 0 saturated heterocycles. The maximum absolute atomic E-state index is 4.16. The molecule has 0 spiro atoms. The minimum atomic E-state index is 0.995. The third-order valence-electron chi connectivity index (χ3n) is 3.27. The van der Waals surface area contributed by atoms with Crippen LogP contribution in [0.25, 0.3) is 28.2 Å². The Hall–Kier alpha value is -2.57. The third kappa shape index (κ3) is 1.33. The molecule has 0 unspecified atom stereocenters. The maximum atomic E-state index is 4.16. The zero-order chi connectivity index (χ0) is 11.9. The lowest BCUT2D eigenvalue weighted by molar-refractivity contribution is 1.44. The molecule has 2 heterocycles. The first-order valence-electron chi connectivity index (χ1n) is 5.92. The van der Waals surface area contributed by atoms with Crippen LogP contribution in [0.3, 0.4) is 0 Å². The van der Waals surface area contributed by atoms with Crippen molar-refractivity contribution in [3.8, 4) is 11.3 Å². The van der Waals surface area contributed by atoms with E-state index in [0.29, 0.717) is 0 Å². The number of aromatic nitrogens is 1. The monoisotopic (exact) mass is 230 g/mol. The molecular formula is C16H10N2. The highest BCUT2D eigenvalue weighted by molar-refractivity contribution is 5.92. The van der Waals surface area contributed by atoms with Crippen molar-refractivity contribution in [2.24, 2.45) is 4.99 Å². The van der Waals surface area contributed by atoms with Gasteiger partial charge in [-0.25, -0.2) is 4.99 Å². The van der Waals surface area contributed by atoms with Crippen molar-refractivity contribution < 1.29 is 0 Å². The molecule has 0 radical (unpaired) electrons. The van der Waals surface area contributed by atoms with E-state index in [2.05, 4.69) is 52.2 Å². The van der Waals surface area contributed by atoms with Gasteiger partial charge in [-0.05, 0) is 35.7 Å². The average molecular weight is 230 g/mol. The van der Waals surface area contributed by atoms with Crippen molar-refractivity contribution in [2.75, 3.05) is 0 Å². The van der Waals surface area contributed by atoms with Gasteiger partial charge < -0.3 is 4.98 Å². The number of fused-ring (bicyclic) bond motifs is 2. The lowest BCUT2D eigenvalue weighted by Gasteiger charge is -2.00. The van der Waals surface area contributed by atoms with E-state index in [-0.39, 0.29) is 0 Å². The average Bonchev–Trinajstić information content (AvgIpc) is 3.04. The number of aliphatic imine (C=N–C) groups is 1. The fourth-order valence-electron chi connectivity index (χ4n) is 2.34. The van der Waals surface area contributed by atoms with Gasteiger partial charge in [0.25, 0.3) is 0 Å². The SMILES string of the molecule is C1=Cc2cc(-c3cc4ccccc4[nH]3)ccc2N=1. The van der Waals surface area contributed by atoms with Crippen molar-refractivity contribution in [2.45, 2.75) is 0 Å². The standard InChI is InChI=1S/C16H10N2/c1-2-4-15-11(3-1)10-16(18-15)12-5-6-14-13(9-12)7-8-17-14/h1-7,9-10,18H. The normalized spacial score (nSPS) is 12.2. The van der Waals surface area contributed by atoms with Crippen LogP contribution in [-0.4, -0.2) is 10.9 Å². The molecule has 2 heteroatoms. The van der Waals surface area contributed by atoms with Crippen LogP contribution >= 0.6 is 0 Å². The Morgan fingerprint density at radius 1 is 1.00 bits per heavy atom. The van der Waals surface area contributed by atoms with Gasteiger partial charge in [-0.1, -0.05) is 24.3 Å². The van der Waals surface area contributed by atoms with Gasteiger partial charge in [0.2, 0.25) is 0 Å². The second kappa shape index (κ2) is 3.46. The Morgan fingerprint density at radius 2 is 1.94 bits per heavy atom. The molecule has 84 valence electrons. The highest BCUT2D eigenvalue weighted by atomic mass is 14.7. The molecule has 18 heavy (non-hydrogen) atoms. The number of H-pyrrole nitrogens is 1. The highest BCUT2D eigenvalue weighted by Gasteiger charge is 2.07. The molecule has 0 fully saturated rings. The quantitative estimate of drug-likeness (QED) is 0.508. The minimum absolute atomic E-state index is 0.995. The van der Waals surface area contributed by atoms with Gasteiger partial charge in [0.05, 0.1) is 5.69 Å². The van der Waals surface area contributed by atoms with E-state index < -0.39 is 0 Å². The van der Waals surface area contributed by atoms with Crippen LogP contribution in [0, 0.1) is 0 Å². The molecular weight excluding hydrogens is 220 g/mol. The van der Waals surface area contributed by atoms with E-state index in [0.717, 1.165) is 16.9 Å². The second-order valence-corrected chi connectivity index (χ2v) is 4.43. The first-order valence-corrected chi connectivity index (χ1v) is 5.92. The van der Waals surface area contributed by atoms with E-state index in [1.807, 2.05) is 18.2 Å². The van der Waals surface area contributed by atoms with Crippen molar-refractivity contribution in [3.63, 3.8) is 0 Å². The molecule has 1 N–H and O–H groups in total. The number of rotatable bonds is 1. The molecule has 2 aromatic carbocycles. The minimum Gasteiger partial charge on any atom is -0.355 e. The number of hydrogen-bond donors (Lipinski definition) is 1. The summed E-state index contributed by atoms with van der Waals surface area (Å²) in [6.45, 7) is 0. The van der Waals surface area contributed by atoms with Crippen LogP contribution < -0.4 is 0 Å². The zero-order valence-electron chi connectivity index (χ0n) is 9.64. The molecule has 0 saturated carbocycles. The van der Waals surface area contributed by atoms with Crippen LogP contribution in [0.4, 0.5) is 5.69 Å². The maximum Gasteiger partial charge on any atom is 0.0809 e. The molecule has 4 rings (SSSR count). The Morgan fingerprint density at radius 3 is 2.89 bits per heavy atom. The van der Waals surface area contributed by atoms with E-state index in [9.17, 15) is 0 Å². The number of nitrogens with one attached hydrogen (secondary N) is 1. The number of nitrogens with zero attached hydrogens (tertiary/aromatic N) is 1. The fourth-order valence-corrected chi connectivity index (χ4v) is 2.34. The van der Waals surface area contributed by atoms with Gasteiger partial charge in [0.15, 0.2) is 0 Å². The van der Waals surface area contributed by atoms with Crippen LogP contribution in [0.5, 0.6) is 0 Å². The van der Waals surface area contributed by atoms with E-state index in [4.69, 9.17) is 0 Å². The van der Waals surface area contributed by atoms with Crippen LogP contribution in [0.1, 0.15) is 5.56 Å². The van der Waals surface area contributed by atoms with Crippen LogP contribution in [-0.2, 0) is 0 Å². The molecule has 0 bridgehead atoms. The van der Waals surface area contributed by atoms with Crippen molar-refractivity contribution in [1.29, 1.82) is 0 Å². The molecule has 2 nitrogen and oxygen atoms in total. The molecule has 0 aliphatic carbocycles. The van der Waals surface area contributed by atoms with Gasteiger partial charge in [-0.15, -0.1) is 0 Å². The van der Waals surface area contributed by atoms with E-state index in [1.54, 1.807) is 0 Å². The van der Waals surface area contributed by atoms with Gasteiger partial charge in [0, 0.05) is 28.2 Å². The Kier molecular flexibility index (Phi) is 1.82. The molecule has 3 aromatic rings. The lowest BCUT2D eigenvalue weighted by atomic mass is 10.1. The predicted molar refractivity (Wildman–Crippen MR) is 75.3 cm³/mol. The Labute approximate surface area is 104 Å². The summed E-state index contributed by atoms with van der Waals surface area (Å²) >= 11 is 0. The van der Waals surface area contributed by atoms with Crippen molar-refractivity contribution in [3.05, 3.63) is 54.1 Å². The summed E-state index contributed by atoms with van der Waals surface area (Å²) in [5.41, 5.74) is 5.61. The third-order valence-corrected chi connectivity index (χ3v) is 3.27. The summed E-state index contributed by atoms with van der Waals surface area (Å²) in [6, 6.07) is 16.8. The smallest absolute Gasteiger partial charge is 0.0809 e. The first-order chi connectivity index (χ1) is 8.90. The molecule has 1 aliphatic rings. The van der Waals surface area contributed by atoms with Crippen LogP contribution in [0.15, 0.2) is 53.5 Å². The summed E-state index contributed by atoms with van der Waals surface area (Å²) in [6.07, 6.45) is 1.92. The second-order valence-electron chi connectivity index (χ2n) is 4.43. The van der Waals surface area contributed by atoms with Gasteiger partial charge >= 0.3 is 0 Å². The largest absolute Gasteiger partial charge is 0.355 e. The summed E-state index contributed by atoms with van der Waals surface area (Å²) in [4.78, 5) is 7.60. The number of para-hydroxylation sites is 1. The molecule has 1 aromatic heterocycles. The number of benzene rings is 2. The lowest BCUT2D eigenvalue weighted by Crippen LogP contribution is -1.78.